The molecule has 1 aromatic carbocycles. The van der Waals surface area contributed by atoms with Crippen LogP contribution in [-0.4, -0.2) is 66.1 Å². The Balaban J connectivity index is 1.38. The van der Waals surface area contributed by atoms with Gasteiger partial charge in [0.2, 0.25) is 5.91 Å². The van der Waals surface area contributed by atoms with Crippen LogP contribution in [0, 0.1) is 12.3 Å². The Morgan fingerprint density at radius 2 is 2.21 bits per heavy atom. The van der Waals surface area contributed by atoms with Crippen molar-refractivity contribution in [1.29, 1.82) is 0 Å². The molecule has 0 spiro atoms. The minimum atomic E-state index is -0.0395. The van der Waals surface area contributed by atoms with Crippen molar-refractivity contribution < 1.29 is 14.3 Å². The predicted octanol–water partition coefficient (Wildman–Crippen LogP) is 2.32. The Hall–Kier alpha value is -2.78. The van der Waals surface area contributed by atoms with Crippen LogP contribution in [0.25, 0.3) is 10.9 Å². The first kappa shape index (κ1) is 18.6. The summed E-state index contributed by atoms with van der Waals surface area (Å²) in [6.45, 7) is 2.77. The molecule has 2 saturated heterocycles. The van der Waals surface area contributed by atoms with Crippen LogP contribution in [0.4, 0.5) is 0 Å². The number of amides is 1. The second-order valence-electron chi connectivity index (χ2n) is 7.37. The lowest BCUT2D eigenvalue weighted by Crippen LogP contribution is -2.42. The van der Waals surface area contributed by atoms with Gasteiger partial charge in [-0.2, -0.15) is 0 Å². The van der Waals surface area contributed by atoms with Crippen LogP contribution in [-0.2, 0) is 4.79 Å². The molecule has 2 aromatic rings. The molecule has 6 heteroatoms. The maximum atomic E-state index is 12.6. The van der Waals surface area contributed by atoms with E-state index in [4.69, 9.17) is 15.9 Å². The second kappa shape index (κ2) is 8.07. The third-order valence-electron chi connectivity index (χ3n) is 5.56. The van der Waals surface area contributed by atoms with Crippen molar-refractivity contribution in [3.8, 4) is 23.8 Å². The molecule has 1 aromatic heterocycles. The second-order valence-corrected chi connectivity index (χ2v) is 7.37. The number of hydrogen-bond acceptors (Lipinski definition) is 5. The zero-order chi connectivity index (χ0) is 19.5. The molecule has 28 heavy (non-hydrogen) atoms. The van der Waals surface area contributed by atoms with Crippen LogP contribution in [0.5, 0.6) is 11.5 Å². The lowest BCUT2D eigenvalue weighted by molar-refractivity contribution is -0.132. The summed E-state index contributed by atoms with van der Waals surface area (Å²) >= 11 is 0. The number of likely N-dealkylation sites (tertiary alicyclic amines) is 2. The molecule has 3 heterocycles. The molecule has 4 rings (SSSR count). The topological polar surface area (TPSA) is 54.9 Å². The summed E-state index contributed by atoms with van der Waals surface area (Å²) in [5, 5.41) is 0.965. The van der Waals surface area contributed by atoms with E-state index in [1.54, 1.807) is 13.3 Å². The molecule has 6 nitrogen and oxygen atoms in total. The van der Waals surface area contributed by atoms with E-state index in [1.165, 1.54) is 0 Å². The average molecular weight is 379 g/mol. The van der Waals surface area contributed by atoms with Crippen molar-refractivity contribution in [3.63, 3.8) is 0 Å². The SMILES string of the molecule is C#C[C@@H]1CCCN1C(=O)CN1CC[C@H](Oc2ccnc3cc(OC)ccc23)C1. The van der Waals surface area contributed by atoms with Crippen LogP contribution < -0.4 is 9.47 Å². The molecular weight excluding hydrogens is 354 g/mol. The van der Waals surface area contributed by atoms with Gasteiger partial charge in [-0.1, -0.05) is 5.92 Å². The number of ether oxygens (including phenoxy) is 2. The minimum Gasteiger partial charge on any atom is -0.497 e. The fourth-order valence-electron chi connectivity index (χ4n) is 4.07. The number of nitrogens with zero attached hydrogens (tertiary/aromatic N) is 3. The van der Waals surface area contributed by atoms with E-state index in [0.717, 1.165) is 61.3 Å². The first-order chi connectivity index (χ1) is 13.7. The summed E-state index contributed by atoms with van der Waals surface area (Å²) < 4.78 is 11.5. The molecule has 0 bridgehead atoms. The fraction of sp³-hybridized carbons (Fsp3) is 0.455. The van der Waals surface area contributed by atoms with E-state index >= 15 is 0 Å². The van der Waals surface area contributed by atoms with Gasteiger partial charge >= 0.3 is 0 Å². The molecule has 2 aliphatic rings. The van der Waals surface area contributed by atoms with Crippen LogP contribution in [0.3, 0.4) is 0 Å². The maximum absolute atomic E-state index is 12.6. The monoisotopic (exact) mass is 379 g/mol. The zero-order valence-electron chi connectivity index (χ0n) is 16.1. The molecule has 2 aliphatic heterocycles. The third-order valence-corrected chi connectivity index (χ3v) is 5.56. The molecule has 1 amide bonds. The van der Waals surface area contributed by atoms with E-state index in [-0.39, 0.29) is 18.1 Å². The van der Waals surface area contributed by atoms with Gasteiger partial charge in [0.05, 0.1) is 25.2 Å². The molecule has 0 radical (unpaired) electrons. The number of terminal acetylenes is 1. The predicted molar refractivity (Wildman–Crippen MR) is 107 cm³/mol. The van der Waals surface area contributed by atoms with E-state index in [0.29, 0.717) is 6.54 Å². The van der Waals surface area contributed by atoms with Gasteiger partial charge in [0.15, 0.2) is 0 Å². The average Bonchev–Trinajstić information content (AvgIpc) is 3.37. The summed E-state index contributed by atoms with van der Waals surface area (Å²) in [6.07, 6.45) is 10.2. The number of pyridine rings is 1. The first-order valence-corrected chi connectivity index (χ1v) is 9.75. The summed E-state index contributed by atoms with van der Waals surface area (Å²) in [7, 11) is 1.64. The molecule has 0 saturated carbocycles. The van der Waals surface area contributed by atoms with Crippen molar-refractivity contribution in [3.05, 3.63) is 30.5 Å². The number of fused-ring (bicyclic) bond motifs is 1. The largest absolute Gasteiger partial charge is 0.497 e. The maximum Gasteiger partial charge on any atom is 0.237 e. The van der Waals surface area contributed by atoms with Crippen LogP contribution in [0.2, 0.25) is 0 Å². The number of methoxy groups -OCH3 is 1. The smallest absolute Gasteiger partial charge is 0.237 e. The Bertz CT molecular complexity index is 908. The fourth-order valence-corrected chi connectivity index (χ4v) is 4.07. The van der Waals surface area contributed by atoms with Gasteiger partial charge in [-0.05, 0) is 37.5 Å². The lowest BCUT2D eigenvalue weighted by atomic mass is 10.2. The number of carbonyl (C=O) groups excluding carboxylic acids is 1. The standard InChI is InChI=1S/C22H25N3O3/c1-3-16-5-4-11-25(16)22(26)15-24-12-9-18(14-24)28-21-8-10-23-20-13-17(27-2)6-7-19(20)21/h1,6-8,10,13,16,18H,4-5,9,11-12,14-15H2,2H3/t16-,18+/m1/s1. The normalized spacial score (nSPS) is 22.4. The Labute approximate surface area is 165 Å². The molecule has 0 N–H and O–H groups in total. The van der Waals surface area contributed by atoms with Crippen molar-refractivity contribution in [1.82, 2.24) is 14.8 Å². The molecular formula is C22H25N3O3. The number of aromatic nitrogens is 1. The molecule has 0 aliphatic carbocycles. The Morgan fingerprint density at radius 3 is 3.04 bits per heavy atom. The number of hydrogen-bond donors (Lipinski definition) is 0. The highest BCUT2D eigenvalue weighted by molar-refractivity contribution is 5.86. The first-order valence-electron chi connectivity index (χ1n) is 9.75. The molecule has 2 fully saturated rings. The summed E-state index contributed by atoms with van der Waals surface area (Å²) in [5.41, 5.74) is 0.844. The summed E-state index contributed by atoms with van der Waals surface area (Å²) in [5.74, 6) is 4.45. The quantitative estimate of drug-likeness (QED) is 0.747. The van der Waals surface area contributed by atoms with Gasteiger partial charge in [-0.15, -0.1) is 6.42 Å². The Kier molecular flexibility index (Phi) is 5.36. The Morgan fingerprint density at radius 1 is 1.32 bits per heavy atom. The van der Waals surface area contributed by atoms with Gasteiger partial charge in [0, 0.05) is 37.3 Å². The van der Waals surface area contributed by atoms with Crippen molar-refractivity contribution in [2.45, 2.75) is 31.4 Å². The van der Waals surface area contributed by atoms with Gasteiger partial charge in [0.1, 0.15) is 17.6 Å². The lowest BCUT2D eigenvalue weighted by Gasteiger charge is -2.24. The highest BCUT2D eigenvalue weighted by Crippen LogP contribution is 2.29. The van der Waals surface area contributed by atoms with Gasteiger partial charge < -0.3 is 14.4 Å². The van der Waals surface area contributed by atoms with E-state index in [1.807, 2.05) is 29.2 Å². The van der Waals surface area contributed by atoms with E-state index < -0.39 is 0 Å². The number of rotatable bonds is 5. The van der Waals surface area contributed by atoms with E-state index in [9.17, 15) is 4.79 Å². The highest BCUT2D eigenvalue weighted by Gasteiger charge is 2.31. The van der Waals surface area contributed by atoms with Crippen LogP contribution in [0.1, 0.15) is 19.3 Å². The van der Waals surface area contributed by atoms with E-state index in [2.05, 4.69) is 15.8 Å². The van der Waals surface area contributed by atoms with Gasteiger partial charge in [0.25, 0.3) is 0 Å². The summed E-state index contributed by atoms with van der Waals surface area (Å²) in [6, 6.07) is 7.64. The molecule has 0 unspecified atom stereocenters. The van der Waals surface area contributed by atoms with Crippen molar-refractivity contribution >= 4 is 16.8 Å². The van der Waals surface area contributed by atoms with Gasteiger partial charge in [-0.25, -0.2) is 0 Å². The number of carbonyl (C=O) groups is 1. The molecule has 2 atom stereocenters. The highest BCUT2D eigenvalue weighted by atomic mass is 16.5. The van der Waals surface area contributed by atoms with Gasteiger partial charge in [-0.3, -0.25) is 14.7 Å². The minimum absolute atomic E-state index is 0.0395. The molecule has 146 valence electrons. The zero-order valence-corrected chi connectivity index (χ0v) is 16.1. The van der Waals surface area contributed by atoms with Crippen LogP contribution >= 0.6 is 0 Å². The van der Waals surface area contributed by atoms with Crippen molar-refractivity contribution in [2.75, 3.05) is 33.3 Å². The van der Waals surface area contributed by atoms with Crippen molar-refractivity contribution in [2.24, 2.45) is 0 Å². The summed E-state index contributed by atoms with van der Waals surface area (Å²) in [4.78, 5) is 21.0. The van der Waals surface area contributed by atoms with Crippen LogP contribution in [0.15, 0.2) is 30.5 Å². The number of benzene rings is 1. The third kappa shape index (κ3) is 3.76.